The summed E-state index contributed by atoms with van der Waals surface area (Å²) in [5.41, 5.74) is 5.20. The molecule has 1 aromatic carbocycles. The highest BCUT2D eigenvalue weighted by molar-refractivity contribution is 5.94. The maximum atomic E-state index is 13.4. The number of aromatic nitrogens is 1. The third-order valence-corrected chi connectivity index (χ3v) is 8.09. The summed E-state index contributed by atoms with van der Waals surface area (Å²) in [7, 11) is 1.70. The van der Waals surface area contributed by atoms with Gasteiger partial charge in [-0.25, -0.2) is 0 Å². The zero-order valence-corrected chi connectivity index (χ0v) is 20.5. The Morgan fingerprint density at radius 2 is 2.09 bits per heavy atom. The molecule has 1 aromatic heterocycles. The van der Waals surface area contributed by atoms with Gasteiger partial charge < -0.3 is 15.0 Å². The lowest BCUT2D eigenvalue weighted by molar-refractivity contribution is -0.135. The molecule has 6 nitrogen and oxygen atoms in total. The molecule has 2 fully saturated rings. The molecule has 1 spiro atoms. The molecule has 6 heteroatoms. The molecule has 2 heterocycles. The largest absolute Gasteiger partial charge is 0.496 e. The molecule has 0 bridgehead atoms. The number of carbonyl (C=O) groups is 2. The fourth-order valence-corrected chi connectivity index (χ4v) is 6.28. The summed E-state index contributed by atoms with van der Waals surface area (Å²) in [6, 6.07) is 10.1. The SMILES string of the molecule is CCc1cc(C(=O)NC2CC3(CCN(C(=O)C4CCc5cccc(OC)c5C4)C3)C2)cc(C)n1. The summed E-state index contributed by atoms with van der Waals surface area (Å²) in [6.07, 6.45) is 6.37. The van der Waals surface area contributed by atoms with Crippen LogP contribution in [-0.4, -0.2) is 47.9 Å². The summed E-state index contributed by atoms with van der Waals surface area (Å²) in [5, 5.41) is 3.21. The van der Waals surface area contributed by atoms with Gasteiger partial charge in [-0.05, 0) is 86.6 Å². The number of likely N-dealkylation sites (tertiary alicyclic amines) is 1. The molecule has 1 saturated carbocycles. The van der Waals surface area contributed by atoms with Crippen LogP contribution in [-0.2, 0) is 24.1 Å². The Labute approximate surface area is 202 Å². The van der Waals surface area contributed by atoms with Gasteiger partial charge in [0.05, 0.1) is 7.11 Å². The van der Waals surface area contributed by atoms with E-state index in [1.165, 1.54) is 11.1 Å². The monoisotopic (exact) mass is 461 g/mol. The van der Waals surface area contributed by atoms with Crippen LogP contribution in [0.3, 0.4) is 0 Å². The fourth-order valence-electron chi connectivity index (χ4n) is 6.28. The van der Waals surface area contributed by atoms with Crippen molar-refractivity contribution in [2.75, 3.05) is 20.2 Å². The van der Waals surface area contributed by atoms with E-state index >= 15 is 0 Å². The molecule has 1 saturated heterocycles. The lowest BCUT2D eigenvalue weighted by Crippen LogP contribution is -2.52. The number of methoxy groups -OCH3 is 1. The van der Waals surface area contributed by atoms with E-state index in [-0.39, 0.29) is 23.3 Å². The highest BCUT2D eigenvalue weighted by Crippen LogP contribution is 2.49. The first-order valence-corrected chi connectivity index (χ1v) is 12.6. The van der Waals surface area contributed by atoms with Gasteiger partial charge in [-0.2, -0.15) is 0 Å². The van der Waals surface area contributed by atoms with Gasteiger partial charge in [0.15, 0.2) is 0 Å². The van der Waals surface area contributed by atoms with Gasteiger partial charge in [0.2, 0.25) is 5.91 Å². The van der Waals surface area contributed by atoms with Gasteiger partial charge in [0.1, 0.15) is 5.75 Å². The summed E-state index contributed by atoms with van der Waals surface area (Å²) >= 11 is 0. The number of nitrogens with zero attached hydrogens (tertiary/aromatic N) is 2. The number of aryl methyl sites for hydroxylation is 3. The Bertz CT molecular complexity index is 1090. The number of carbonyl (C=O) groups excluding carboxylic acids is 2. The molecule has 5 rings (SSSR count). The minimum Gasteiger partial charge on any atom is -0.496 e. The molecule has 1 unspecified atom stereocenters. The van der Waals surface area contributed by atoms with Crippen molar-refractivity contribution in [1.29, 1.82) is 0 Å². The van der Waals surface area contributed by atoms with Gasteiger partial charge in [0.25, 0.3) is 5.91 Å². The lowest BCUT2D eigenvalue weighted by Gasteiger charge is -2.45. The number of hydrogen-bond acceptors (Lipinski definition) is 4. The number of amides is 2. The number of fused-ring (bicyclic) bond motifs is 1. The van der Waals surface area contributed by atoms with Crippen molar-refractivity contribution in [1.82, 2.24) is 15.2 Å². The third-order valence-electron chi connectivity index (χ3n) is 8.09. The van der Waals surface area contributed by atoms with Crippen molar-refractivity contribution in [3.63, 3.8) is 0 Å². The Morgan fingerprint density at radius 1 is 1.26 bits per heavy atom. The molecule has 3 aliphatic rings. The van der Waals surface area contributed by atoms with E-state index in [1.807, 2.05) is 31.2 Å². The van der Waals surface area contributed by atoms with Crippen LogP contribution < -0.4 is 10.1 Å². The van der Waals surface area contributed by atoms with E-state index in [4.69, 9.17) is 4.74 Å². The maximum Gasteiger partial charge on any atom is 0.251 e. The maximum absolute atomic E-state index is 13.4. The molecular formula is C28H35N3O3. The topological polar surface area (TPSA) is 71.5 Å². The van der Waals surface area contributed by atoms with Crippen LogP contribution in [0.25, 0.3) is 0 Å². The summed E-state index contributed by atoms with van der Waals surface area (Å²) in [6.45, 7) is 5.63. The molecular weight excluding hydrogens is 426 g/mol. The standard InChI is InChI=1S/C28H35N3O3/c1-4-22-13-21(12-18(2)29-22)26(32)30-23-15-28(16-23)10-11-31(17-28)27(33)20-9-8-19-6-5-7-25(34-3)24(19)14-20/h5-7,12-13,20,23H,4,8-11,14-17H2,1-3H3,(H,30,32). The molecule has 180 valence electrons. The number of hydrogen-bond donors (Lipinski definition) is 1. The minimum absolute atomic E-state index is 0.0132. The first kappa shape index (κ1) is 22.9. The number of nitrogens with one attached hydrogen (secondary N) is 1. The molecule has 2 aliphatic carbocycles. The molecule has 1 atom stereocenters. The fraction of sp³-hybridized carbons (Fsp3) is 0.536. The summed E-state index contributed by atoms with van der Waals surface area (Å²) in [4.78, 5) is 32.7. The second-order valence-corrected chi connectivity index (χ2v) is 10.5. The van der Waals surface area contributed by atoms with Crippen LogP contribution in [0.5, 0.6) is 5.75 Å². The van der Waals surface area contributed by atoms with Crippen molar-refractivity contribution in [2.45, 2.75) is 64.8 Å². The van der Waals surface area contributed by atoms with Crippen LogP contribution in [0.4, 0.5) is 0 Å². The number of pyridine rings is 1. The predicted octanol–water partition coefficient (Wildman–Crippen LogP) is 3.88. The second kappa shape index (κ2) is 9.05. The predicted molar refractivity (Wildman–Crippen MR) is 131 cm³/mol. The van der Waals surface area contributed by atoms with Crippen molar-refractivity contribution >= 4 is 11.8 Å². The van der Waals surface area contributed by atoms with E-state index in [0.717, 1.165) is 75.2 Å². The van der Waals surface area contributed by atoms with Gasteiger partial charge in [-0.15, -0.1) is 0 Å². The highest BCUT2D eigenvalue weighted by Gasteiger charge is 2.50. The Kier molecular flexibility index (Phi) is 6.09. The molecule has 2 amide bonds. The smallest absolute Gasteiger partial charge is 0.251 e. The van der Waals surface area contributed by atoms with Crippen LogP contribution in [0.1, 0.15) is 65.5 Å². The summed E-state index contributed by atoms with van der Waals surface area (Å²) < 4.78 is 5.56. The van der Waals surface area contributed by atoms with Crippen molar-refractivity contribution < 1.29 is 14.3 Å². The van der Waals surface area contributed by atoms with Gasteiger partial charge in [-0.1, -0.05) is 19.1 Å². The lowest BCUT2D eigenvalue weighted by atomic mass is 9.65. The quantitative estimate of drug-likeness (QED) is 0.734. The van der Waals surface area contributed by atoms with E-state index in [1.54, 1.807) is 7.11 Å². The van der Waals surface area contributed by atoms with Crippen LogP contribution >= 0.6 is 0 Å². The zero-order valence-electron chi connectivity index (χ0n) is 20.5. The first-order chi connectivity index (χ1) is 16.4. The minimum atomic E-state index is -0.0132. The summed E-state index contributed by atoms with van der Waals surface area (Å²) in [5.74, 6) is 1.22. The highest BCUT2D eigenvalue weighted by atomic mass is 16.5. The molecule has 34 heavy (non-hydrogen) atoms. The number of ether oxygens (including phenoxy) is 1. The molecule has 2 aromatic rings. The van der Waals surface area contributed by atoms with Crippen molar-refractivity contribution in [2.24, 2.45) is 11.3 Å². The van der Waals surface area contributed by atoms with E-state index in [9.17, 15) is 9.59 Å². The van der Waals surface area contributed by atoms with Gasteiger partial charge in [0, 0.05) is 42.0 Å². The van der Waals surface area contributed by atoms with Gasteiger partial charge >= 0.3 is 0 Å². The van der Waals surface area contributed by atoms with Crippen LogP contribution in [0.15, 0.2) is 30.3 Å². The van der Waals surface area contributed by atoms with Crippen LogP contribution in [0, 0.1) is 18.3 Å². The van der Waals surface area contributed by atoms with E-state index in [2.05, 4.69) is 28.2 Å². The van der Waals surface area contributed by atoms with Crippen LogP contribution in [0.2, 0.25) is 0 Å². The average molecular weight is 462 g/mol. The first-order valence-electron chi connectivity index (χ1n) is 12.6. The molecule has 0 radical (unpaired) electrons. The Hall–Kier alpha value is -2.89. The molecule has 1 N–H and O–H groups in total. The van der Waals surface area contributed by atoms with E-state index < -0.39 is 0 Å². The molecule has 1 aliphatic heterocycles. The average Bonchev–Trinajstić information content (AvgIpc) is 3.27. The van der Waals surface area contributed by atoms with Gasteiger partial charge in [-0.3, -0.25) is 14.6 Å². The Balaban J connectivity index is 1.16. The second-order valence-electron chi connectivity index (χ2n) is 10.5. The zero-order chi connectivity index (χ0) is 23.9. The van der Waals surface area contributed by atoms with E-state index in [0.29, 0.717) is 11.5 Å². The normalized spacial score (nSPS) is 25.6. The number of benzene rings is 1. The van der Waals surface area contributed by atoms with Crippen molar-refractivity contribution in [3.8, 4) is 5.75 Å². The Morgan fingerprint density at radius 3 is 2.85 bits per heavy atom. The number of rotatable bonds is 5. The van der Waals surface area contributed by atoms with Crippen molar-refractivity contribution in [3.05, 3.63) is 58.4 Å². The third kappa shape index (κ3) is 4.30.